The van der Waals surface area contributed by atoms with Crippen molar-refractivity contribution < 1.29 is 4.79 Å². The number of carbonyl (C=O) groups is 1. The van der Waals surface area contributed by atoms with Crippen molar-refractivity contribution in [2.75, 3.05) is 0 Å². The number of aromatic nitrogens is 1. The van der Waals surface area contributed by atoms with Crippen LogP contribution in [-0.4, -0.2) is 16.5 Å². The zero-order valence-electron chi connectivity index (χ0n) is 11.5. The van der Waals surface area contributed by atoms with E-state index in [-0.39, 0.29) is 11.9 Å². The third kappa shape index (κ3) is 2.96. The van der Waals surface area contributed by atoms with E-state index in [9.17, 15) is 4.79 Å². The molecule has 1 amide bonds. The van der Waals surface area contributed by atoms with Gasteiger partial charge in [-0.15, -0.1) is 0 Å². The standard InChI is InChI=1S/C15H21N3O/c1-3-11(2)17-14(19)10-18-8-7-12-5-4-6-13(9-16)15(12)18/h4-8,11H,3,9-10,16H2,1-2H3,(H,17,19). The van der Waals surface area contributed by atoms with E-state index in [0.29, 0.717) is 13.1 Å². The van der Waals surface area contributed by atoms with Crippen LogP contribution in [0, 0.1) is 0 Å². The van der Waals surface area contributed by atoms with E-state index >= 15 is 0 Å². The third-order valence-corrected chi connectivity index (χ3v) is 3.43. The molecule has 1 atom stereocenters. The zero-order chi connectivity index (χ0) is 13.8. The molecule has 0 aliphatic heterocycles. The highest BCUT2D eigenvalue weighted by molar-refractivity contribution is 5.85. The van der Waals surface area contributed by atoms with Gasteiger partial charge in [0.15, 0.2) is 0 Å². The average molecular weight is 259 g/mol. The Hall–Kier alpha value is -1.81. The average Bonchev–Trinajstić information content (AvgIpc) is 2.81. The molecule has 0 spiro atoms. The van der Waals surface area contributed by atoms with Gasteiger partial charge >= 0.3 is 0 Å². The Morgan fingerprint density at radius 1 is 1.42 bits per heavy atom. The lowest BCUT2D eigenvalue weighted by Crippen LogP contribution is -2.34. The van der Waals surface area contributed by atoms with Crippen molar-refractivity contribution in [3.8, 4) is 0 Å². The van der Waals surface area contributed by atoms with Gasteiger partial charge in [-0.05, 0) is 30.4 Å². The maximum absolute atomic E-state index is 12.0. The molecule has 0 aliphatic carbocycles. The number of nitrogens with zero attached hydrogens (tertiary/aromatic N) is 1. The molecular weight excluding hydrogens is 238 g/mol. The molecule has 2 aromatic rings. The van der Waals surface area contributed by atoms with Gasteiger partial charge in [-0.25, -0.2) is 0 Å². The lowest BCUT2D eigenvalue weighted by molar-refractivity contribution is -0.122. The summed E-state index contributed by atoms with van der Waals surface area (Å²) in [4.78, 5) is 12.0. The molecule has 4 heteroatoms. The van der Waals surface area contributed by atoms with Crippen molar-refractivity contribution in [2.24, 2.45) is 5.73 Å². The first-order valence-corrected chi connectivity index (χ1v) is 6.71. The van der Waals surface area contributed by atoms with Crippen molar-refractivity contribution in [3.63, 3.8) is 0 Å². The van der Waals surface area contributed by atoms with Crippen molar-refractivity contribution in [2.45, 2.75) is 39.4 Å². The van der Waals surface area contributed by atoms with Crippen LogP contribution < -0.4 is 11.1 Å². The molecule has 0 fully saturated rings. The number of nitrogens with two attached hydrogens (primary N) is 1. The minimum atomic E-state index is 0.0404. The van der Waals surface area contributed by atoms with E-state index in [1.807, 2.05) is 42.0 Å². The van der Waals surface area contributed by atoms with E-state index in [2.05, 4.69) is 12.2 Å². The minimum absolute atomic E-state index is 0.0404. The fourth-order valence-corrected chi connectivity index (χ4v) is 2.21. The molecule has 1 heterocycles. The predicted octanol–water partition coefficient (Wildman–Crippen LogP) is 2.01. The zero-order valence-corrected chi connectivity index (χ0v) is 11.5. The van der Waals surface area contributed by atoms with Crippen LogP contribution in [0.2, 0.25) is 0 Å². The normalized spacial score (nSPS) is 12.6. The number of nitrogens with one attached hydrogen (secondary N) is 1. The molecule has 1 aromatic heterocycles. The molecule has 0 aliphatic rings. The Morgan fingerprint density at radius 2 is 2.21 bits per heavy atom. The van der Waals surface area contributed by atoms with Crippen LogP contribution in [0.1, 0.15) is 25.8 Å². The molecule has 0 bridgehead atoms. The fourth-order valence-electron chi connectivity index (χ4n) is 2.21. The maximum Gasteiger partial charge on any atom is 0.240 e. The molecular formula is C15H21N3O. The van der Waals surface area contributed by atoms with E-state index < -0.39 is 0 Å². The largest absolute Gasteiger partial charge is 0.352 e. The Morgan fingerprint density at radius 3 is 2.89 bits per heavy atom. The molecule has 19 heavy (non-hydrogen) atoms. The number of para-hydroxylation sites is 1. The topological polar surface area (TPSA) is 60.0 Å². The fraction of sp³-hybridized carbons (Fsp3) is 0.400. The Balaban J connectivity index is 2.23. The lowest BCUT2D eigenvalue weighted by atomic mass is 10.1. The molecule has 0 saturated heterocycles. The number of hydrogen-bond acceptors (Lipinski definition) is 2. The van der Waals surface area contributed by atoms with Crippen LogP contribution >= 0.6 is 0 Å². The van der Waals surface area contributed by atoms with Gasteiger partial charge in [0.05, 0.1) is 5.52 Å². The SMILES string of the molecule is CCC(C)NC(=O)Cn1ccc2cccc(CN)c21. The monoisotopic (exact) mass is 259 g/mol. The van der Waals surface area contributed by atoms with Gasteiger partial charge in [-0.2, -0.15) is 0 Å². The minimum Gasteiger partial charge on any atom is -0.352 e. The first kappa shape index (κ1) is 13.6. The number of benzene rings is 1. The van der Waals surface area contributed by atoms with E-state index in [4.69, 9.17) is 5.73 Å². The van der Waals surface area contributed by atoms with Crippen molar-refractivity contribution in [1.29, 1.82) is 0 Å². The van der Waals surface area contributed by atoms with Gasteiger partial charge in [0.25, 0.3) is 0 Å². The van der Waals surface area contributed by atoms with Gasteiger partial charge in [-0.1, -0.05) is 25.1 Å². The van der Waals surface area contributed by atoms with Crippen LogP contribution in [-0.2, 0) is 17.9 Å². The molecule has 4 nitrogen and oxygen atoms in total. The van der Waals surface area contributed by atoms with Gasteiger partial charge in [0.1, 0.15) is 6.54 Å². The van der Waals surface area contributed by atoms with Crippen LogP contribution in [0.4, 0.5) is 0 Å². The molecule has 1 unspecified atom stereocenters. The van der Waals surface area contributed by atoms with Crippen molar-refractivity contribution >= 4 is 16.8 Å². The summed E-state index contributed by atoms with van der Waals surface area (Å²) in [5.41, 5.74) is 7.89. The number of carbonyl (C=O) groups excluding carboxylic acids is 1. The van der Waals surface area contributed by atoms with E-state index in [1.165, 1.54) is 0 Å². The second kappa shape index (κ2) is 5.89. The van der Waals surface area contributed by atoms with Gasteiger partial charge in [0, 0.05) is 18.8 Å². The molecule has 0 saturated carbocycles. The Kier molecular flexibility index (Phi) is 4.22. The highest BCUT2D eigenvalue weighted by Gasteiger charge is 2.10. The summed E-state index contributed by atoms with van der Waals surface area (Å²) in [6, 6.07) is 8.27. The summed E-state index contributed by atoms with van der Waals surface area (Å²) in [6.45, 7) is 4.89. The second-order valence-electron chi connectivity index (χ2n) is 4.88. The van der Waals surface area contributed by atoms with Crippen LogP contribution in [0.25, 0.3) is 10.9 Å². The smallest absolute Gasteiger partial charge is 0.240 e. The number of rotatable bonds is 5. The summed E-state index contributed by atoms with van der Waals surface area (Å²) in [5, 5.41) is 4.10. The predicted molar refractivity (Wildman–Crippen MR) is 77.7 cm³/mol. The lowest BCUT2D eigenvalue weighted by Gasteiger charge is -2.13. The van der Waals surface area contributed by atoms with Crippen LogP contribution in [0.5, 0.6) is 0 Å². The number of amides is 1. The number of fused-ring (bicyclic) bond motifs is 1. The summed E-state index contributed by atoms with van der Waals surface area (Å²) >= 11 is 0. The van der Waals surface area contributed by atoms with E-state index in [1.54, 1.807) is 0 Å². The van der Waals surface area contributed by atoms with Gasteiger partial charge < -0.3 is 15.6 Å². The molecule has 0 radical (unpaired) electrons. The highest BCUT2D eigenvalue weighted by Crippen LogP contribution is 2.19. The molecule has 3 N–H and O–H groups in total. The van der Waals surface area contributed by atoms with Crippen LogP contribution in [0.3, 0.4) is 0 Å². The molecule has 2 rings (SSSR count). The summed E-state index contributed by atoms with van der Waals surface area (Å²) in [5.74, 6) is 0.0404. The van der Waals surface area contributed by atoms with Gasteiger partial charge in [0.2, 0.25) is 5.91 Å². The number of hydrogen-bond donors (Lipinski definition) is 2. The summed E-state index contributed by atoms with van der Waals surface area (Å²) in [6.07, 6.45) is 2.88. The summed E-state index contributed by atoms with van der Waals surface area (Å²) < 4.78 is 1.97. The quantitative estimate of drug-likeness (QED) is 0.863. The first-order valence-electron chi connectivity index (χ1n) is 6.71. The van der Waals surface area contributed by atoms with Crippen LogP contribution in [0.15, 0.2) is 30.5 Å². The molecule has 102 valence electrons. The maximum atomic E-state index is 12.0. The highest BCUT2D eigenvalue weighted by atomic mass is 16.2. The Bertz CT molecular complexity index is 574. The summed E-state index contributed by atoms with van der Waals surface area (Å²) in [7, 11) is 0. The van der Waals surface area contributed by atoms with E-state index in [0.717, 1.165) is 22.9 Å². The Labute approximate surface area is 113 Å². The second-order valence-corrected chi connectivity index (χ2v) is 4.88. The van der Waals surface area contributed by atoms with Gasteiger partial charge in [-0.3, -0.25) is 4.79 Å². The first-order chi connectivity index (χ1) is 9.15. The third-order valence-electron chi connectivity index (χ3n) is 3.43. The van der Waals surface area contributed by atoms with Crippen molar-refractivity contribution in [3.05, 3.63) is 36.0 Å². The molecule has 1 aromatic carbocycles. The van der Waals surface area contributed by atoms with Crippen molar-refractivity contribution in [1.82, 2.24) is 9.88 Å².